The SMILES string of the molecule is CC(C)N1CCC(NC(=O)c2nc3ccccc3[nH]2)CC1. The lowest BCUT2D eigenvalue weighted by molar-refractivity contribution is 0.0891. The number of hydrogen-bond donors (Lipinski definition) is 2. The highest BCUT2D eigenvalue weighted by Gasteiger charge is 2.23. The molecule has 21 heavy (non-hydrogen) atoms. The van der Waals surface area contributed by atoms with Crippen LogP contribution in [-0.2, 0) is 0 Å². The molecule has 1 aliphatic heterocycles. The molecule has 3 rings (SSSR count). The van der Waals surface area contributed by atoms with Gasteiger partial charge in [-0.15, -0.1) is 0 Å². The number of hydrogen-bond acceptors (Lipinski definition) is 3. The fourth-order valence-corrected chi connectivity index (χ4v) is 2.87. The zero-order valence-electron chi connectivity index (χ0n) is 12.6. The van der Waals surface area contributed by atoms with Crippen LogP contribution < -0.4 is 5.32 Å². The summed E-state index contributed by atoms with van der Waals surface area (Å²) in [7, 11) is 0. The minimum absolute atomic E-state index is 0.103. The standard InChI is InChI=1S/C16H22N4O/c1-11(2)20-9-7-12(8-10-20)17-16(21)15-18-13-5-3-4-6-14(13)19-15/h3-6,11-12H,7-10H2,1-2H3,(H,17,21)(H,18,19). The van der Waals surface area contributed by atoms with Crippen LogP contribution in [0.1, 0.15) is 37.3 Å². The van der Waals surface area contributed by atoms with Crippen molar-refractivity contribution in [2.45, 2.75) is 38.8 Å². The summed E-state index contributed by atoms with van der Waals surface area (Å²) in [6.45, 7) is 6.52. The van der Waals surface area contributed by atoms with Crippen molar-refractivity contribution in [2.75, 3.05) is 13.1 Å². The van der Waals surface area contributed by atoms with E-state index in [0.717, 1.165) is 37.0 Å². The molecule has 0 radical (unpaired) electrons. The summed E-state index contributed by atoms with van der Waals surface area (Å²) in [5, 5.41) is 3.10. The Bertz CT molecular complexity index is 593. The van der Waals surface area contributed by atoms with Crippen LogP contribution >= 0.6 is 0 Å². The molecule has 2 N–H and O–H groups in total. The number of aromatic nitrogens is 2. The van der Waals surface area contributed by atoms with Gasteiger partial charge in [-0.05, 0) is 38.8 Å². The highest BCUT2D eigenvalue weighted by molar-refractivity contribution is 5.94. The van der Waals surface area contributed by atoms with Crippen LogP contribution in [0.15, 0.2) is 24.3 Å². The van der Waals surface area contributed by atoms with Gasteiger partial charge in [0.25, 0.3) is 5.91 Å². The maximum Gasteiger partial charge on any atom is 0.287 e. The van der Waals surface area contributed by atoms with Crippen molar-refractivity contribution in [3.8, 4) is 0 Å². The van der Waals surface area contributed by atoms with Gasteiger partial charge in [0.1, 0.15) is 0 Å². The number of H-pyrrole nitrogens is 1. The lowest BCUT2D eigenvalue weighted by atomic mass is 10.0. The molecular formula is C16H22N4O. The first kappa shape index (κ1) is 14.1. The summed E-state index contributed by atoms with van der Waals surface area (Å²) in [6, 6.07) is 8.53. The van der Waals surface area contributed by atoms with E-state index in [0.29, 0.717) is 11.9 Å². The molecule has 0 aliphatic carbocycles. The number of likely N-dealkylation sites (tertiary alicyclic amines) is 1. The highest BCUT2D eigenvalue weighted by atomic mass is 16.2. The van der Waals surface area contributed by atoms with E-state index in [1.807, 2.05) is 24.3 Å². The smallest absolute Gasteiger partial charge is 0.287 e. The van der Waals surface area contributed by atoms with E-state index in [-0.39, 0.29) is 11.9 Å². The topological polar surface area (TPSA) is 61.0 Å². The van der Waals surface area contributed by atoms with Crippen LogP contribution in [0.25, 0.3) is 11.0 Å². The number of fused-ring (bicyclic) bond motifs is 1. The van der Waals surface area contributed by atoms with E-state index in [2.05, 4.69) is 34.0 Å². The lowest BCUT2D eigenvalue weighted by Crippen LogP contribution is -2.46. The van der Waals surface area contributed by atoms with Gasteiger partial charge in [-0.25, -0.2) is 4.98 Å². The van der Waals surface area contributed by atoms with Gasteiger partial charge in [0.15, 0.2) is 5.82 Å². The summed E-state index contributed by atoms with van der Waals surface area (Å²) >= 11 is 0. The van der Waals surface area contributed by atoms with Crippen LogP contribution in [0, 0.1) is 0 Å². The number of para-hydroxylation sites is 2. The molecular weight excluding hydrogens is 264 g/mol. The molecule has 0 spiro atoms. The largest absolute Gasteiger partial charge is 0.347 e. The van der Waals surface area contributed by atoms with Gasteiger partial charge in [-0.1, -0.05) is 12.1 Å². The Morgan fingerprint density at radius 1 is 1.33 bits per heavy atom. The Balaban J connectivity index is 1.62. The third-order valence-electron chi connectivity index (χ3n) is 4.20. The fourth-order valence-electron chi connectivity index (χ4n) is 2.87. The second-order valence-electron chi connectivity index (χ2n) is 5.98. The predicted molar refractivity (Wildman–Crippen MR) is 83.3 cm³/mol. The highest BCUT2D eigenvalue weighted by Crippen LogP contribution is 2.14. The maximum atomic E-state index is 12.3. The van der Waals surface area contributed by atoms with Crippen molar-refractivity contribution in [3.05, 3.63) is 30.1 Å². The first-order chi connectivity index (χ1) is 10.1. The maximum absolute atomic E-state index is 12.3. The Morgan fingerprint density at radius 3 is 2.71 bits per heavy atom. The first-order valence-electron chi connectivity index (χ1n) is 7.63. The molecule has 2 heterocycles. The van der Waals surface area contributed by atoms with Crippen molar-refractivity contribution in [2.24, 2.45) is 0 Å². The van der Waals surface area contributed by atoms with Gasteiger partial charge in [0.05, 0.1) is 11.0 Å². The first-order valence-corrected chi connectivity index (χ1v) is 7.63. The predicted octanol–water partition coefficient (Wildman–Crippen LogP) is 2.17. The fraction of sp³-hybridized carbons (Fsp3) is 0.500. The molecule has 0 saturated carbocycles. The van der Waals surface area contributed by atoms with E-state index in [1.165, 1.54) is 0 Å². The summed E-state index contributed by atoms with van der Waals surface area (Å²) in [4.78, 5) is 22.1. The lowest BCUT2D eigenvalue weighted by Gasteiger charge is -2.34. The van der Waals surface area contributed by atoms with Crippen molar-refractivity contribution in [1.29, 1.82) is 0 Å². The number of piperidine rings is 1. The Labute approximate surface area is 124 Å². The van der Waals surface area contributed by atoms with Gasteiger partial charge >= 0.3 is 0 Å². The van der Waals surface area contributed by atoms with Crippen molar-refractivity contribution in [3.63, 3.8) is 0 Å². The van der Waals surface area contributed by atoms with Crippen LogP contribution in [0.4, 0.5) is 0 Å². The number of carbonyl (C=O) groups excluding carboxylic acids is 1. The van der Waals surface area contributed by atoms with Crippen molar-refractivity contribution in [1.82, 2.24) is 20.2 Å². The van der Waals surface area contributed by atoms with Gasteiger partial charge in [-0.2, -0.15) is 0 Å². The molecule has 1 aliphatic rings. The second-order valence-corrected chi connectivity index (χ2v) is 5.98. The number of rotatable bonds is 3. The third kappa shape index (κ3) is 3.08. The zero-order chi connectivity index (χ0) is 14.8. The molecule has 5 heteroatoms. The van der Waals surface area contributed by atoms with E-state index in [1.54, 1.807) is 0 Å². The molecule has 0 unspecified atom stereocenters. The number of nitrogens with one attached hydrogen (secondary N) is 2. The average Bonchev–Trinajstić information content (AvgIpc) is 2.92. The van der Waals surface area contributed by atoms with Gasteiger partial charge in [0, 0.05) is 25.2 Å². The summed E-state index contributed by atoms with van der Waals surface area (Å²) in [5.74, 6) is 0.302. The molecule has 0 bridgehead atoms. The van der Waals surface area contributed by atoms with E-state index < -0.39 is 0 Å². The normalized spacial score (nSPS) is 17.5. The molecule has 112 valence electrons. The molecule has 1 saturated heterocycles. The summed E-state index contributed by atoms with van der Waals surface area (Å²) in [6.07, 6.45) is 2.01. The molecule has 1 amide bonds. The molecule has 0 atom stereocenters. The van der Waals surface area contributed by atoms with Gasteiger partial charge < -0.3 is 15.2 Å². The number of carbonyl (C=O) groups is 1. The summed E-state index contributed by atoms with van der Waals surface area (Å²) in [5.41, 5.74) is 1.73. The Kier molecular flexibility index (Phi) is 3.92. The number of aromatic amines is 1. The molecule has 1 aromatic heterocycles. The van der Waals surface area contributed by atoms with E-state index in [4.69, 9.17) is 0 Å². The van der Waals surface area contributed by atoms with Crippen LogP contribution in [0.2, 0.25) is 0 Å². The number of nitrogens with zero attached hydrogens (tertiary/aromatic N) is 2. The molecule has 1 aromatic carbocycles. The molecule has 2 aromatic rings. The minimum atomic E-state index is -0.103. The van der Waals surface area contributed by atoms with E-state index in [9.17, 15) is 4.79 Å². The Hall–Kier alpha value is -1.88. The number of amides is 1. The van der Waals surface area contributed by atoms with E-state index >= 15 is 0 Å². The quantitative estimate of drug-likeness (QED) is 0.909. The Morgan fingerprint density at radius 2 is 2.05 bits per heavy atom. The van der Waals surface area contributed by atoms with Crippen LogP contribution in [-0.4, -0.2) is 45.9 Å². The van der Waals surface area contributed by atoms with Crippen LogP contribution in [0.3, 0.4) is 0 Å². The van der Waals surface area contributed by atoms with Gasteiger partial charge in [-0.3, -0.25) is 4.79 Å². The molecule has 1 fully saturated rings. The van der Waals surface area contributed by atoms with Gasteiger partial charge in [0.2, 0.25) is 0 Å². The monoisotopic (exact) mass is 286 g/mol. The van der Waals surface area contributed by atoms with Crippen molar-refractivity contribution >= 4 is 16.9 Å². The average molecular weight is 286 g/mol. The third-order valence-corrected chi connectivity index (χ3v) is 4.20. The number of imidazole rings is 1. The zero-order valence-corrected chi connectivity index (χ0v) is 12.6. The summed E-state index contributed by atoms with van der Waals surface area (Å²) < 4.78 is 0. The van der Waals surface area contributed by atoms with Crippen molar-refractivity contribution < 1.29 is 4.79 Å². The second kappa shape index (κ2) is 5.85. The minimum Gasteiger partial charge on any atom is -0.347 e. The number of benzene rings is 1. The molecule has 5 nitrogen and oxygen atoms in total. The van der Waals surface area contributed by atoms with Crippen LogP contribution in [0.5, 0.6) is 0 Å².